The lowest BCUT2D eigenvalue weighted by Gasteiger charge is -2.06. The van der Waals surface area contributed by atoms with Crippen LogP contribution in [0.4, 0.5) is 0 Å². The Balaban J connectivity index is 3.29. The Kier molecular flexibility index (Phi) is 3.65. The molecule has 0 bridgehead atoms. The molecule has 0 spiro atoms. The van der Waals surface area contributed by atoms with Crippen LogP contribution in [0.5, 0.6) is 0 Å². The first-order chi connectivity index (χ1) is 5.16. The number of benzene rings is 1. The molecule has 0 saturated carbocycles. The molecular formula is C8H7BrClI. The lowest BCUT2D eigenvalue weighted by atomic mass is 10.1. The Morgan fingerprint density at radius 3 is 2.64 bits per heavy atom. The summed E-state index contributed by atoms with van der Waals surface area (Å²) in [6, 6.07) is 4.11. The summed E-state index contributed by atoms with van der Waals surface area (Å²) in [6.45, 7) is 2.07. The van der Waals surface area contributed by atoms with E-state index in [0.29, 0.717) is 5.88 Å². The maximum atomic E-state index is 5.78. The molecular weight excluding hydrogens is 338 g/mol. The minimum absolute atomic E-state index is 0.587. The molecule has 0 aliphatic carbocycles. The van der Waals surface area contributed by atoms with Crippen LogP contribution in [-0.4, -0.2) is 0 Å². The van der Waals surface area contributed by atoms with Crippen molar-refractivity contribution >= 4 is 50.1 Å². The van der Waals surface area contributed by atoms with Gasteiger partial charge in [-0.25, -0.2) is 0 Å². The summed E-state index contributed by atoms with van der Waals surface area (Å²) in [5.41, 5.74) is 2.47. The molecule has 11 heavy (non-hydrogen) atoms. The molecule has 0 amide bonds. The third kappa shape index (κ3) is 2.10. The molecule has 0 aliphatic rings. The van der Waals surface area contributed by atoms with Gasteiger partial charge in [0.15, 0.2) is 0 Å². The zero-order chi connectivity index (χ0) is 8.43. The summed E-state index contributed by atoms with van der Waals surface area (Å²) >= 11 is 11.5. The Bertz CT molecular complexity index is 273. The maximum absolute atomic E-state index is 5.78. The minimum Gasteiger partial charge on any atom is -0.121 e. The number of halogens is 3. The van der Waals surface area contributed by atoms with Crippen LogP contribution >= 0.6 is 50.1 Å². The van der Waals surface area contributed by atoms with Crippen molar-refractivity contribution in [2.45, 2.75) is 12.8 Å². The zero-order valence-electron chi connectivity index (χ0n) is 6.00. The van der Waals surface area contributed by atoms with Crippen molar-refractivity contribution in [3.05, 3.63) is 31.3 Å². The van der Waals surface area contributed by atoms with Gasteiger partial charge in [0.25, 0.3) is 0 Å². The van der Waals surface area contributed by atoms with E-state index in [1.165, 1.54) is 14.7 Å². The molecule has 0 aliphatic heterocycles. The smallest absolute Gasteiger partial charge is 0.0487 e. The van der Waals surface area contributed by atoms with Crippen LogP contribution in [0.1, 0.15) is 11.1 Å². The molecule has 3 heteroatoms. The van der Waals surface area contributed by atoms with Gasteiger partial charge in [-0.3, -0.25) is 0 Å². The lowest BCUT2D eigenvalue weighted by molar-refractivity contribution is 1.26. The van der Waals surface area contributed by atoms with Crippen LogP contribution in [0.2, 0.25) is 0 Å². The van der Waals surface area contributed by atoms with Gasteiger partial charge in [0.05, 0.1) is 0 Å². The second-order valence-corrected chi connectivity index (χ2v) is 4.55. The summed E-state index contributed by atoms with van der Waals surface area (Å²) in [5.74, 6) is 0.587. The first-order valence-corrected chi connectivity index (χ1v) is 5.57. The third-order valence-corrected chi connectivity index (χ3v) is 3.75. The normalized spacial score (nSPS) is 10.2. The van der Waals surface area contributed by atoms with Gasteiger partial charge in [-0.2, -0.15) is 0 Å². The molecule has 0 radical (unpaired) electrons. The van der Waals surface area contributed by atoms with Crippen LogP contribution in [0.3, 0.4) is 0 Å². The van der Waals surface area contributed by atoms with Gasteiger partial charge < -0.3 is 0 Å². The standard InChI is InChI=1S/C8H7BrClI/c1-5-6(4-10)8(11)3-2-7(5)9/h2-3H,4H2,1H3. The van der Waals surface area contributed by atoms with Gasteiger partial charge in [0.1, 0.15) is 0 Å². The van der Waals surface area contributed by atoms with E-state index in [1.54, 1.807) is 0 Å². The second-order valence-electron chi connectivity index (χ2n) is 2.27. The van der Waals surface area contributed by atoms with E-state index in [9.17, 15) is 0 Å². The molecule has 0 saturated heterocycles. The molecule has 0 atom stereocenters. The molecule has 0 unspecified atom stereocenters. The Morgan fingerprint density at radius 2 is 2.18 bits per heavy atom. The van der Waals surface area contributed by atoms with Crippen LogP contribution in [0, 0.1) is 10.5 Å². The first-order valence-electron chi connectivity index (χ1n) is 3.16. The number of alkyl halides is 1. The van der Waals surface area contributed by atoms with Crippen molar-refractivity contribution in [2.24, 2.45) is 0 Å². The summed E-state index contributed by atoms with van der Waals surface area (Å²) < 4.78 is 2.37. The molecule has 0 heterocycles. The van der Waals surface area contributed by atoms with Crippen LogP contribution < -0.4 is 0 Å². The molecule has 0 fully saturated rings. The summed E-state index contributed by atoms with van der Waals surface area (Å²) in [4.78, 5) is 0. The van der Waals surface area contributed by atoms with Crippen molar-refractivity contribution in [3.8, 4) is 0 Å². The second kappa shape index (κ2) is 4.10. The van der Waals surface area contributed by atoms with Crippen molar-refractivity contribution < 1.29 is 0 Å². The quantitative estimate of drug-likeness (QED) is 0.531. The largest absolute Gasteiger partial charge is 0.121 e. The average Bonchev–Trinajstić information content (AvgIpc) is 1.99. The third-order valence-electron chi connectivity index (χ3n) is 1.61. The summed E-state index contributed by atoms with van der Waals surface area (Å²) in [7, 11) is 0. The predicted molar refractivity (Wildman–Crippen MR) is 61.2 cm³/mol. The highest BCUT2D eigenvalue weighted by atomic mass is 127. The molecule has 60 valence electrons. The monoisotopic (exact) mass is 344 g/mol. The van der Waals surface area contributed by atoms with E-state index in [4.69, 9.17) is 11.6 Å². The van der Waals surface area contributed by atoms with E-state index in [1.807, 2.05) is 6.07 Å². The molecule has 1 aromatic carbocycles. The van der Waals surface area contributed by atoms with Crippen molar-refractivity contribution in [3.63, 3.8) is 0 Å². The number of rotatable bonds is 1. The SMILES string of the molecule is Cc1c(Br)ccc(I)c1CCl. The van der Waals surface area contributed by atoms with E-state index in [-0.39, 0.29) is 0 Å². The van der Waals surface area contributed by atoms with Gasteiger partial charge in [0.2, 0.25) is 0 Å². The predicted octanol–water partition coefficient (Wildman–Crippen LogP) is 4.10. The molecule has 0 nitrogen and oxygen atoms in total. The summed E-state index contributed by atoms with van der Waals surface area (Å²) in [5, 5.41) is 0. The molecule has 1 aromatic rings. The number of hydrogen-bond donors (Lipinski definition) is 0. The topological polar surface area (TPSA) is 0 Å². The number of hydrogen-bond acceptors (Lipinski definition) is 0. The Hall–Kier alpha value is 0.720. The van der Waals surface area contributed by atoms with Gasteiger partial charge in [-0.05, 0) is 52.8 Å². The fourth-order valence-corrected chi connectivity index (χ4v) is 2.58. The fraction of sp³-hybridized carbons (Fsp3) is 0.250. The Morgan fingerprint density at radius 1 is 1.55 bits per heavy atom. The highest BCUT2D eigenvalue weighted by Crippen LogP contribution is 2.25. The van der Waals surface area contributed by atoms with Crippen molar-refractivity contribution in [1.29, 1.82) is 0 Å². The highest BCUT2D eigenvalue weighted by molar-refractivity contribution is 14.1. The highest BCUT2D eigenvalue weighted by Gasteiger charge is 2.04. The van der Waals surface area contributed by atoms with Crippen LogP contribution in [0.25, 0.3) is 0 Å². The average molecular weight is 345 g/mol. The van der Waals surface area contributed by atoms with Crippen LogP contribution in [-0.2, 0) is 5.88 Å². The van der Waals surface area contributed by atoms with E-state index in [2.05, 4.69) is 51.5 Å². The first kappa shape index (κ1) is 9.81. The maximum Gasteiger partial charge on any atom is 0.0487 e. The fourth-order valence-electron chi connectivity index (χ4n) is 0.859. The van der Waals surface area contributed by atoms with E-state index < -0.39 is 0 Å². The van der Waals surface area contributed by atoms with Crippen molar-refractivity contribution in [1.82, 2.24) is 0 Å². The molecule has 0 aromatic heterocycles. The van der Waals surface area contributed by atoms with E-state index in [0.717, 1.165) is 4.47 Å². The molecule has 0 N–H and O–H groups in total. The van der Waals surface area contributed by atoms with Gasteiger partial charge in [-0.15, -0.1) is 11.6 Å². The molecule has 1 rings (SSSR count). The van der Waals surface area contributed by atoms with Crippen LogP contribution in [0.15, 0.2) is 16.6 Å². The zero-order valence-corrected chi connectivity index (χ0v) is 10.5. The van der Waals surface area contributed by atoms with Gasteiger partial charge >= 0.3 is 0 Å². The summed E-state index contributed by atoms with van der Waals surface area (Å²) in [6.07, 6.45) is 0. The Labute approximate surface area is 93.6 Å². The van der Waals surface area contributed by atoms with Gasteiger partial charge in [0, 0.05) is 13.9 Å². The van der Waals surface area contributed by atoms with Crippen molar-refractivity contribution in [2.75, 3.05) is 0 Å². The minimum atomic E-state index is 0.587. The van der Waals surface area contributed by atoms with Gasteiger partial charge in [-0.1, -0.05) is 15.9 Å². The lowest BCUT2D eigenvalue weighted by Crippen LogP contribution is -1.90. The van der Waals surface area contributed by atoms with E-state index >= 15 is 0 Å².